The molecule has 0 N–H and O–H groups in total. The summed E-state index contributed by atoms with van der Waals surface area (Å²) in [6.45, 7) is 10.8. The van der Waals surface area contributed by atoms with Crippen LogP contribution in [-0.4, -0.2) is 26.9 Å². The third-order valence-corrected chi connectivity index (χ3v) is 6.69. The van der Waals surface area contributed by atoms with Crippen LogP contribution in [0.4, 0.5) is 0 Å². The minimum Gasteiger partial charge on any atom is -0.463 e. The minimum atomic E-state index is -0.595. The fraction of sp³-hybridized carbons (Fsp3) is 0.360. The number of aryl methyl sites for hydroxylation is 1. The van der Waals surface area contributed by atoms with Gasteiger partial charge in [0.25, 0.3) is 5.56 Å². The Morgan fingerprint density at radius 3 is 2.58 bits per heavy atom. The van der Waals surface area contributed by atoms with Gasteiger partial charge in [0, 0.05) is 18.3 Å². The van der Waals surface area contributed by atoms with E-state index < -0.39 is 12.0 Å². The van der Waals surface area contributed by atoms with Crippen LogP contribution in [0.15, 0.2) is 57.7 Å². The molecule has 33 heavy (non-hydrogen) atoms. The van der Waals surface area contributed by atoms with Gasteiger partial charge in [-0.25, -0.2) is 9.79 Å². The first-order valence-electron chi connectivity index (χ1n) is 11.2. The van der Waals surface area contributed by atoms with Gasteiger partial charge in [0.1, 0.15) is 0 Å². The monoisotopic (exact) mass is 464 g/mol. The largest absolute Gasteiger partial charge is 0.463 e. The van der Waals surface area contributed by atoms with E-state index in [1.54, 1.807) is 24.6 Å². The van der Waals surface area contributed by atoms with Gasteiger partial charge in [0.15, 0.2) is 4.80 Å². The summed E-state index contributed by atoms with van der Waals surface area (Å²) in [6, 6.07) is 7.48. The Kier molecular flexibility index (Phi) is 6.47. The van der Waals surface area contributed by atoms with Crippen LogP contribution >= 0.6 is 11.3 Å². The highest BCUT2D eigenvalue weighted by Crippen LogP contribution is 2.31. The van der Waals surface area contributed by atoms with E-state index in [0.29, 0.717) is 26.5 Å². The molecule has 0 bridgehead atoms. The Hall–Kier alpha value is -3.26. The summed E-state index contributed by atoms with van der Waals surface area (Å²) in [5.74, 6) is -0.0675. The molecule has 1 aromatic carbocycles. The molecule has 2 aromatic heterocycles. The maximum atomic E-state index is 13.6. The number of thiazole rings is 1. The second-order valence-electron chi connectivity index (χ2n) is 8.25. The van der Waals surface area contributed by atoms with Gasteiger partial charge in [-0.1, -0.05) is 49.4 Å². The number of rotatable bonds is 6. The Morgan fingerprint density at radius 1 is 1.24 bits per heavy atom. The molecule has 172 valence electrons. The van der Waals surface area contributed by atoms with Crippen LogP contribution in [0.3, 0.4) is 0 Å². The quantitative estimate of drug-likeness (QED) is 0.525. The van der Waals surface area contributed by atoms with Crippen LogP contribution in [-0.2, 0) is 16.1 Å². The highest BCUT2D eigenvalue weighted by Gasteiger charge is 2.33. The van der Waals surface area contributed by atoms with Gasteiger partial charge in [0.05, 0.1) is 34.6 Å². The van der Waals surface area contributed by atoms with Gasteiger partial charge in [-0.15, -0.1) is 0 Å². The average Bonchev–Trinajstić information content (AvgIpc) is 3.37. The van der Waals surface area contributed by atoms with E-state index in [2.05, 4.69) is 23.9 Å². The molecule has 0 radical (unpaired) electrons. The lowest BCUT2D eigenvalue weighted by molar-refractivity contribution is -0.139. The number of aromatic nitrogens is 3. The number of ether oxygens (including phenoxy) is 1. The molecular formula is C25H28N4O3S. The highest BCUT2D eigenvalue weighted by atomic mass is 32.1. The summed E-state index contributed by atoms with van der Waals surface area (Å²) < 4.78 is 9.32. The number of carbonyl (C=O) groups is 1. The standard InChI is InChI=1S/C25H28N4O3S/c1-6-28-14-17(13-26-28)12-20-23(30)29-22(19-10-8-18(9-11-19)15(3)4)21(24(31)32-7-2)16(5)27-25(29)33-20/h8-15,22H,6-7H2,1-5H3/b20-12+. The van der Waals surface area contributed by atoms with Gasteiger partial charge in [0.2, 0.25) is 0 Å². The van der Waals surface area contributed by atoms with Gasteiger partial charge in [-0.05, 0) is 43.9 Å². The van der Waals surface area contributed by atoms with E-state index in [-0.39, 0.29) is 12.2 Å². The lowest BCUT2D eigenvalue weighted by atomic mass is 9.93. The Morgan fingerprint density at radius 2 is 1.97 bits per heavy atom. The Labute approximate surface area is 196 Å². The number of hydrogen-bond donors (Lipinski definition) is 0. The highest BCUT2D eigenvalue weighted by molar-refractivity contribution is 7.07. The van der Waals surface area contributed by atoms with Crippen LogP contribution in [0.2, 0.25) is 0 Å². The van der Waals surface area contributed by atoms with E-state index in [4.69, 9.17) is 4.74 Å². The second-order valence-corrected chi connectivity index (χ2v) is 9.26. The number of fused-ring (bicyclic) bond motifs is 1. The number of esters is 1. The van der Waals surface area contributed by atoms with Crippen LogP contribution < -0.4 is 14.9 Å². The molecule has 8 heteroatoms. The van der Waals surface area contributed by atoms with Crippen LogP contribution in [0, 0.1) is 0 Å². The smallest absolute Gasteiger partial charge is 0.338 e. The molecule has 1 aliphatic rings. The number of hydrogen-bond acceptors (Lipinski definition) is 6. The van der Waals surface area contributed by atoms with Crippen molar-refractivity contribution in [2.75, 3.05) is 6.61 Å². The average molecular weight is 465 g/mol. The number of carbonyl (C=O) groups excluding carboxylic acids is 1. The van der Waals surface area contributed by atoms with E-state index in [1.165, 1.54) is 16.9 Å². The van der Waals surface area contributed by atoms with Crippen molar-refractivity contribution in [3.05, 3.63) is 84.3 Å². The van der Waals surface area contributed by atoms with Crippen molar-refractivity contribution < 1.29 is 9.53 Å². The molecule has 0 spiro atoms. The molecule has 7 nitrogen and oxygen atoms in total. The second kappa shape index (κ2) is 9.31. The van der Waals surface area contributed by atoms with Crippen molar-refractivity contribution in [3.8, 4) is 0 Å². The van der Waals surface area contributed by atoms with E-state index in [0.717, 1.165) is 17.7 Å². The zero-order valence-corrected chi connectivity index (χ0v) is 20.3. The third kappa shape index (κ3) is 4.35. The summed E-state index contributed by atoms with van der Waals surface area (Å²) in [7, 11) is 0. The molecule has 3 heterocycles. The first-order chi connectivity index (χ1) is 15.8. The summed E-state index contributed by atoms with van der Waals surface area (Å²) in [5, 5.41) is 4.28. The van der Waals surface area contributed by atoms with E-state index >= 15 is 0 Å². The predicted molar refractivity (Wildman–Crippen MR) is 129 cm³/mol. The van der Waals surface area contributed by atoms with Crippen molar-refractivity contribution >= 4 is 23.4 Å². The maximum absolute atomic E-state index is 13.6. The van der Waals surface area contributed by atoms with Crippen molar-refractivity contribution in [2.24, 2.45) is 4.99 Å². The summed E-state index contributed by atoms with van der Waals surface area (Å²) in [6.07, 6.45) is 5.46. The minimum absolute atomic E-state index is 0.185. The van der Waals surface area contributed by atoms with Crippen LogP contribution in [0.25, 0.3) is 6.08 Å². The number of nitrogens with zero attached hydrogens (tertiary/aromatic N) is 4. The van der Waals surface area contributed by atoms with Crippen LogP contribution in [0.1, 0.15) is 63.3 Å². The molecule has 0 amide bonds. The predicted octanol–water partition coefficient (Wildman–Crippen LogP) is 3.14. The molecule has 0 saturated heterocycles. The Balaban J connectivity index is 1.91. The van der Waals surface area contributed by atoms with Crippen molar-refractivity contribution in [2.45, 2.75) is 53.1 Å². The molecule has 0 saturated carbocycles. The summed E-state index contributed by atoms with van der Waals surface area (Å²) >= 11 is 1.32. The molecule has 1 atom stereocenters. The molecule has 1 aliphatic heterocycles. The zero-order chi connectivity index (χ0) is 23.7. The van der Waals surface area contributed by atoms with Crippen molar-refractivity contribution in [1.29, 1.82) is 0 Å². The van der Waals surface area contributed by atoms with Crippen molar-refractivity contribution in [3.63, 3.8) is 0 Å². The van der Waals surface area contributed by atoms with Gasteiger partial charge < -0.3 is 4.74 Å². The molecule has 1 unspecified atom stereocenters. The van der Waals surface area contributed by atoms with E-state index in [1.807, 2.05) is 48.1 Å². The lowest BCUT2D eigenvalue weighted by Crippen LogP contribution is -2.39. The molecule has 0 aliphatic carbocycles. The van der Waals surface area contributed by atoms with Gasteiger partial charge >= 0.3 is 5.97 Å². The molecule has 4 rings (SSSR count). The summed E-state index contributed by atoms with van der Waals surface area (Å²) in [4.78, 5) is 31.7. The van der Waals surface area contributed by atoms with Gasteiger partial charge in [-0.3, -0.25) is 14.0 Å². The summed E-state index contributed by atoms with van der Waals surface area (Å²) in [5.41, 5.74) is 3.67. The first kappa shape index (κ1) is 22.9. The zero-order valence-electron chi connectivity index (χ0n) is 19.5. The Bertz CT molecular complexity index is 1390. The fourth-order valence-electron chi connectivity index (χ4n) is 3.95. The molecule has 3 aromatic rings. The number of allylic oxidation sites excluding steroid dienone is 1. The SMILES string of the molecule is CCOC(=O)C1=C(C)N=c2s/c(=C/c3cnn(CC)c3)c(=O)n2C1c1ccc(C(C)C)cc1. The van der Waals surface area contributed by atoms with Gasteiger partial charge in [-0.2, -0.15) is 5.10 Å². The lowest BCUT2D eigenvalue weighted by Gasteiger charge is -2.25. The number of benzene rings is 1. The maximum Gasteiger partial charge on any atom is 0.338 e. The van der Waals surface area contributed by atoms with E-state index in [9.17, 15) is 9.59 Å². The van der Waals surface area contributed by atoms with Crippen LogP contribution in [0.5, 0.6) is 0 Å². The molecular weight excluding hydrogens is 436 g/mol. The normalized spacial score (nSPS) is 16.2. The third-order valence-electron chi connectivity index (χ3n) is 5.71. The fourth-order valence-corrected chi connectivity index (χ4v) is 5.00. The molecule has 0 fully saturated rings. The van der Waals surface area contributed by atoms with Crippen molar-refractivity contribution in [1.82, 2.24) is 14.3 Å². The first-order valence-corrected chi connectivity index (χ1v) is 12.0. The topological polar surface area (TPSA) is 78.5 Å².